The Morgan fingerprint density at radius 2 is 1.65 bits per heavy atom. The van der Waals surface area contributed by atoms with Crippen LogP contribution in [0.2, 0.25) is 0 Å². The molecule has 0 fully saturated rings. The van der Waals surface area contributed by atoms with Crippen molar-refractivity contribution in [3.8, 4) is 6.07 Å². The molecule has 0 aliphatic carbocycles. The van der Waals surface area contributed by atoms with Crippen molar-refractivity contribution < 1.29 is 8.42 Å². The molecule has 17 heavy (non-hydrogen) atoms. The maximum atomic E-state index is 10.4. The molecule has 0 amide bonds. The predicted molar refractivity (Wildman–Crippen MR) is 70.5 cm³/mol. The first kappa shape index (κ1) is 15.7. The lowest BCUT2D eigenvalue weighted by Crippen LogP contribution is -2.04. The molecule has 0 heterocycles. The van der Waals surface area contributed by atoms with Gasteiger partial charge in [-0.2, -0.15) is 5.26 Å². The second kappa shape index (κ2) is 7.86. The van der Waals surface area contributed by atoms with Crippen molar-refractivity contribution in [1.82, 2.24) is 0 Å². The van der Waals surface area contributed by atoms with Crippen LogP contribution in [0.25, 0.3) is 0 Å². The van der Waals surface area contributed by atoms with E-state index < -0.39 is 9.84 Å². The summed E-state index contributed by atoms with van der Waals surface area (Å²) in [4.78, 5) is 0. The molecule has 94 valence electrons. The Balaban J connectivity index is 0.000000325. The van der Waals surface area contributed by atoms with Crippen molar-refractivity contribution in [2.24, 2.45) is 0 Å². The summed E-state index contributed by atoms with van der Waals surface area (Å²) in [7, 11) is -2.66. The molecule has 0 aliphatic heterocycles. The van der Waals surface area contributed by atoms with Crippen LogP contribution in [0.5, 0.6) is 0 Å². The molecule has 1 aromatic rings. The van der Waals surface area contributed by atoms with Crippen molar-refractivity contribution >= 4 is 9.84 Å². The summed E-state index contributed by atoms with van der Waals surface area (Å²) in [5, 5.41) is 8.54. The SMILES string of the molecule is CC(C#N)c1ccccc1.CCS(=O)(=O)CC. The van der Waals surface area contributed by atoms with E-state index in [9.17, 15) is 8.42 Å². The Morgan fingerprint density at radius 1 is 1.18 bits per heavy atom. The van der Waals surface area contributed by atoms with Gasteiger partial charge in [-0.1, -0.05) is 44.2 Å². The average Bonchev–Trinajstić information content (AvgIpc) is 2.39. The predicted octanol–water partition coefficient (Wildman–Crippen LogP) is 2.75. The third-order valence-electron chi connectivity index (χ3n) is 2.37. The van der Waals surface area contributed by atoms with Gasteiger partial charge in [0.05, 0.1) is 12.0 Å². The van der Waals surface area contributed by atoms with Gasteiger partial charge < -0.3 is 0 Å². The van der Waals surface area contributed by atoms with Crippen molar-refractivity contribution in [2.75, 3.05) is 11.5 Å². The number of benzene rings is 1. The van der Waals surface area contributed by atoms with Gasteiger partial charge >= 0.3 is 0 Å². The van der Waals surface area contributed by atoms with E-state index in [4.69, 9.17) is 5.26 Å². The number of nitrogens with zero attached hydrogens (tertiary/aromatic N) is 1. The highest BCUT2D eigenvalue weighted by Crippen LogP contribution is 2.11. The van der Waals surface area contributed by atoms with Crippen LogP contribution < -0.4 is 0 Å². The molecule has 0 saturated heterocycles. The summed E-state index contributed by atoms with van der Waals surface area (Å²) in [6, 6.07) is 12.0. The lowest BCUT2D eigenvalue weighted by Gasteiger charge is -1.99. The zero-order valence-corrected chi connectivity index (χ0v) is 11.4. The molecule has 0 aliphatic rings. The zero-order valence-electron chi connectivity index (χ0n) is 10.6. The number of nitriles is 1. The van der Waals surface area contributed by atoms with E-state index in [1.54, 1.807) is 13.8 Å². The van der Waals surface area contributed by atoms with Crippen LogP contribution in [0.15, 0.2) is 30.3 Å². The third kappa shape index (κ3) is 6.75. The van der Waals surface area contributed by atoms with Crippen molar-refractivity contribution in [1.29, 1.82) is 5.26 Å². The minimum Gasteiger partial charge on any atom is -0.229 e. The quantitative estimate of drug-likeness (QED) is 0.832. The standard InChI is InChI=1S/C9H9N.C4H10O2S/c1-8(7-10)9-5-3-2-4-6-9;1-3-7(5,6)4-2/h2-6,8H,1H3;3-4H2,1-2H3. The Labute approximate surface area is 104 Å². The fourth-order valence-corrected chi connectivity index (χ4v) is 1.43. The Kier molecular flexibility index (Phi) is 7.24. The van der Waals surface area contributed by atoms with Gasteiger partial charge in [-0.3, -0.25) is 0 Å². The van der Waals surface area contributed by atoms with E-state index in [1.807, 2.05) is 37.3 Å². The highest BCUT2D eigenvalue weighted by molar-refractivity contribution is 7.91. The van der Waals surface area contributed by atoms with Crippen LogP contribution in [0.4, 0.5) is 0 Å². The van der Waals surface area contributed by atoms with Gasteiger partial charge in [0.25, 0.3) is 0 Å². The van der Waals surface area contributed by atoms with Crippen molar-refractivity contribution in [3.05, 3.63) is 35.9 Å². The van der Waals surface area contributed by atoms with E-state index >= 15 is 0 Å². The minimum atomic E-state index is -2.66. The second-order valence-electron chi connectivity index (χ2n) is 3.58. The fraction of sp³-hybridized carbons (Fsp3) is 0.462. The van der Waals surface area contributed by atoms with E-state index in [2.05, 4.69) is 6.07 Å². The van der Waals surface area contributed by atoms with Gasteiger partial charge in [0, 0.05) is 11.5 Å². The van der Waals surface area contributed by atoms with E-state index in [0.29, 0.717) is 0 Å². The largest absolute Gasteiger partial charge is 0.229 e. The molecular formula is C13H19NO2S. The van der Waals surface area contributed by atoms with Crippen LogP contribution in [-0.2, 0) is 9.84 Å². The molecule has 0 bridgehead atoms. The third-order valence-corrected chi connectivity index (χ3v) is 4.13. The minimum absolute atomic E-state index is 0.0150. The molecule has 1 aromatic carbocycles. The van der Waals surface area contributed by atoms with Crippen LogP contribution in [0.3, 0.4) is 0 Å². The molecule has 0 N–H and O–H groups in total. The topological polar surface area (TPSA) is 57.9 Å². The molecule has 1 rings (SSSR count). The molecule has 4 heteroatoms. The molecule has 0 radical (unpaired) electrons. The molecule has 3 nitrogen and oxygen atoms in total. The number of hydrogen-bond acceptors (Lipinski definition) is 3. The van der Waals surface area contributed by atoms with Gasteiger partial charge in [-0.25, -0.2) is 8.42 Å². The van der Waals surface area contributed by atoms with Gasteiger partial charge in [0.2, 0.25) is 0 Å². The van der Waals surface area contributed by atoms with E-state index in [1.165, 1.54) is 0 Å². The van der Waals surface area contributed by atoms with Crippen molar-refractivity contribution in [3.63, 3.8) is 0 Å². The first-order chi connectivity index (χ1) is 7.96. The Hall–Kier alpha value is -1.34. The first-order valence-electron chi connectivity index (χ1n) is 5.61. The van der Waals surface area contributed by atoms with Crippen molar-refractivity contribution in [2.45, 2.75) is 26.7 Å². The van der Waals surface area contributed by atoms with E-state index in [-0.39, 0.29) is 17.4 Å². The lowest BCUT2D eigenvalue weighted by atomic mass is 10.0. The maximum absolute atomic E-state index is 10.4. The summed E-state index contributed by atoms with van der Waals surface area (Å²) in [5.74, 6) is 0.550. The zero-order chi connectivity index (χ0) is 13.3. The van der Waals surface area contributed by atoms with Crippen LogP contribution in [0.1, 0.15) is 32.3 Å². The smallest absolute Gasteiger partial charge is 0.149 e. The highest BCUT2D eigenvalue weighted by Gasteiger charge is 2.00. The molecule has 1 atom stereocenters. The van der Waals surface area contributed by atoms with Crippen LogP contribution in [0, 0.1) is 11.3 Å². The Morgan fingerprint density at radius 3 is 1.94 bits per heavy atom. The summed E-state index contributed by atoms with van der Waals surface area (Å²) >= 11 is 0. The Bertz CT molecular complexity index is 436. The monoisotopic (exact) mass is 253 g/mol. The summed E-state index contributed by atoms with van der Waals surface area (Å²) in [5.41, 5.74) is 1.09. The molecule has 0 saturated carbocycles. The average molecular weight is 253 g/mol. The van der Waals surface area contributed by atoms with Gasteiger partial charge in [0.1, 0.15) is 9.84 Å². The molecule has 1 unspecified atom stereocenters. The molecular weight excluding hydrogens is 234 g/mol. The molecule has 0 aromatic heterocycles. The van der Waals surface area contributed by atoms with E-state index in [0.717, 1.165) is 5.56 Å². The normalized spacial score (nSPS) is 11.9. The van der Waals surface area contributed by atoms with Gasteiger partial charge in [-0.05, 0) is 12.5 Å². The van der Waals surface area contributed by atoms with Crippen LogP contribution >= 0.6 is 0 Å². The fourth-order valence-electron chi connectivity index (χ4n) is 1.02. The number of rotatable bonds is 3. The van der Waals surface area contributed by atoms with Crippen LogP contribution in [-0.4, -0.2) is 19.9 Å². The lowest BCUT2D eigenvalue weighted by molar-refractivity contribution is 0.598. The maximum Gasteiger partial charge on any atom is 0.149 e. The van der Waals surface area contributed by atoms with Gasteiger partial charge in [-0.15, -0.1) is 0 Å². The molecule has 0 spiro atoms. The summed E-state index contributed by atoms with van der Waals surface area (Å²) in [6.45, 7) is 5.20. The first-order valence-corrected chi connectivity index (χ1v) is 7.44. The van der Waals surface area contributed by atoms with Gasteiger partial charge in [0.15, 0.2) is 0 Å². The highest BCUT2D eigenvalue weighted by atomic mass is 32.2. The number of hydrogen-bond donors (Lipinski definition) is 0. The second-order valence-corrected chi connectivity index (χ2v) is 6.22. The summed E-state index contributed by atoms with van der Waals surface area (Å²) < 4.78 is 20.7. The number of sulfone groups is 1. The summed E-state index contributed by atoms with van der Waals surface area (Å²) in [6.07, 6.45) is 0.